The van der Waals surface area contributed by atoms with E-state index >= 15 is 0 Å². The highest BCUT2D eigenvalue weighted by atomic mass is 15.1. The van der Waals surface area contributed by atoms with E-state index in [-0.39, 0.29) is 0 Å². The molecule has 1 saturated carbocycles. The molecule has 0 aromatic heterocycles. The summed E-state index contributed by atoms with van der Waals surface area (Å²) in [5, 5.41) is 3.17. The molecule has 0 unspecified atom stereocenters. The molecule has 0 aromatic carbocycles. The van der Waals surface area contributed by atoms with E-state index in [4.69, 9.17) is 0 Å². The van der Waals surface area contributed by atoms with Crippen molar-refractivity contribution in [3.05, 3.63) is 0 Å². The molecule has 0 heterocycles. The van der Waals surface area contributed by atoms with Crippen LogP contribution in [-0.2, 0) is 0 Å². The summed E-state index contributed by atoms with van der Waals surface area (Å²) < 4.78 is 0. The lowest BCUT2D eigenvalue weighted by Gasteiger charge is -2.26. The van der Waals surface area contributed by atoms with E-state index in [2.05, 4.69) is 22.0 Å². The summed E-state index contributed by atoms with van der Waals surface area (Å²) >= 11 is 0. The predicted molar refractivity (Wildman–Crippen MR) is 43.7 cm³/mol. The van der Waals surface area contributed by atoms with E-state index in [1.165, 1.54) is 19.3 Å². The van der Waals surface area contributed by atoms with E-state index in [0.29, 0.717) is 12.0 Å². The second kappa shape index (κ2) is 3.34. The highest BCUT2D eigenvalue weighted by molar-refractivity contribution is 5.84. The van der Waals surface area contributed by atoms with Crippen molar-refractivity contribution < 1.29 is 0 Å². The molecule has 0 atom stereocenters. The minimum absolute atomic E-state index is 0.601. The normalized spacial score (nSPS) is 19.9. The smallest absolute Gasteiger partial charge is 0.217 e. The zero-order valence-electron chi connectivity index (χ0n) is 6.30. The predicted octanol–water partition coefficient (Wildman–Crippen LogP) is 0.815. The lowest BCUT2D eigenvalue weighted by molar-refractivity contribution is 0.382. The number of rotatable bonds is 1. The molecule has 0 radical (unpaired) electrons. The van der Waals surface area contributed by atoms with Crippen LogP contribution in [0.3, 0.4) is 0 Å². The summed E-state index contributed by atoms with van der Waals surface area (Å²) in [6.45, 7) is 3.40. The van der Waals surface area contributed by atoms with Crippen LogP contribution in [0.4, 0.5) is 0 Å². The Hall–Kier alpha value is -0.860. The Balaban J connectivity index is 2.27. The lowest BCUT2D eigenvalue weighted by Crippen LogP contribution is -2.38. The molecule has 0 aromatic rings. The molecular formula is C7H13N3. The second-order valence-corrected chi connectivity index (χ2v) is 2.48. The molecule has 10 heavy (non-hydrogen) atoms. The Labute approximate surface area is 61.3 Å². The van der Waals surface area contributed by atoms with Crippen LogP contribution in [0.5, 0.6) is 0 Å². The summed E-state index contributed by atoms with van der Waals surface area (Å²) in [6.07, 6.45) is 3.81. The average Bonchev–Trinajstić information content (AvgIpc) is 1.87. The summed E-state index contributed by atoms with van der Waals surface area (Å²) in [5.41, 5.74) is 0. The van der Waals surface area contributed by atoms with Crippen LogP contribution < -0.4 is 5.32 Å². The van der Waals surface area contributed by atoms with Gasteiger partial charge in [0.05, 0.1) is 0 Å². The molecule has 0 aliphatic heterocycles. The molecule has 1 aliphatic carbocycles. The van der Waals surface area contributed by atoms with Crippen molar-refractivity contribution in [3.63, 3.8) is 0 Å². The van der Waals surface area contributed by atoms with E-state index in [9.17, 15) is 0 Å². The van der Waals surface area contributed by atoms with Gasteiger partial charge in [0.1, 0.15) is 0 Å². The molecule has 0 spiro atoms. The van der Waals surface area contributed by atoms with Gasteiger partial charge >= 0.3 is 0 Å². The third-order valence-electron chi connectivity index (χ3n) is 1.80. The Bertz CT molecular complexity index is 147. The van der Waals surface area contributed by atoms with Gasteiger partial charge in [-0.05, 0) is 26.0 Å². The van der Waals surface area contributed by atoms with Crippen molar-refractivity contribution in [2.75, 3.05) is 7.05 Å². The summed E-state index contributed by atoms with van der Waals surface area (Å²) in [6, 6.07) is 0.601. The monoisotopic (exact) mass is 139 g/mol. The largest absolute Gasteiger partial charge is 0.352 e. The molecule has 1 aliphatic rings. The van der Waals surface area contributed by atoms with Crippen molar-refractivity contribution in [3.8, 4) is 0 Å². The quantitative estimate of drug-likeness (QED) is 0.423. The standard InChI is InChI=1S/C7H13N3/c1-8-7(9-2)10-6-4-3-5-6/h6H,1,3-5H2,2H3,(H,9,10). The first kappa shape index (κ1) is 7.25. The maximum atomic E-state index is 3.90. The zero-order valence-corrected chi connectivity index (χ0v) is 6.30. The maximum Gasteiger partial charge on any atom is 0.217 e. The highest BCUT2D eigenvalue weighted by Crippen LogP contribution is 2.17. The van der Waals surface area contributed by atoms with Crippen LogP contribution in [0.15, 0.2) is 9.98 Å². The SMILES string of the molecule is C=NC(=NC)NC1CCC1. The van der Waals surface area contributed by atoms with Gasteiger partial charge in [-0.1, -0.05) is 0 Å². The third-order valence-corrected chi connectivity index (χ3v) is 1.80. The van der Waals surface area contributed by atoms with Gasteiger partial charge in [0, 0.05) is 13.1 Å². The first-order valence-corrected chi connectivity index (χ1v) is 3.57. The fourth-order valence-corrected chi connectivity index (χ4v) is 0.916. The van der Waals surface area contributed by atoms with Crippen molar-refractivity contribution >= 4 is 12.7 Å². The van der Waals surface area contributed by atoms with Crippen LogP contribution in [0.25, 0.3) is 0 Å². The molecule has 1 fully saturated rings. The second-order valence-electron chi connectivity index (χ2n) is 2.48. The summed E-state index contributed by atoms with van der Waals surface area (Å²) in [7, 11) is 1.72. The Morgan fingerprint density at radius 2 is 2.30 bits per heavy atom. The molecule has 0 amide bonds. The van der Waals surface area contributed by atoms with Gasteiger partial charge in [0.2, 0.25) is 5.96 Å². The average molecular weight is 139 g/mol. The molecule has 0 bridgehead atoms. The minimum Gasteiger partial charge on any atom is -0.352 e. The molecule has 3 heteroatoms. The Morgan fingerprint density at radius 3 is 2.60 bits per heavy atom. The number of hydrogen-bond donors (Lipinski definition) is 1. The highest BCUT2D eigenvalue weighted by Gasteiger charge is 2.17. The molecule has 3 nitrogen and oxygen atoms in total. The van der Waals surface area contributed by atoms with Crippen molar-refractivity contribution in [1.29, 1.82) is 0 Å². The van der Waals surface area contributed by atoms with E-state index < -0.39 is 0 Å². The van der Waals surface area contributed by atoms with Crippen LogP contribution in [0.2, 0.25) is 0 Å². The Morgan fingerprint density at radius 1 is 1.60 bits per heavy atom. The van der Waals surface area contributed by atoms with Gasteiger partial charge in [0.25, 0.3) is 0 Å². The number of guanidine groups is 1. The van der Waals surface area contributed by atoms with Crippen LogP contribution in [0.1, 0.15) is 19.3 Å². The van der Waals surface area contributed by atoms with E-state index in [1.54, 1.807) is 7.05 Å². The molecule has 1 N–H and O–H groups in total. The van der Waals surface area contributed by atoms with Crippen LogP contribution in [-0.4, -0.2) is 25.8 Å². The van der Waals surface area contributed by atoms with E-state index in [0.717, 1.165) is 0 Å². The number of nitrogens with zero attached hydrogens (tertiary/aromatic N) is 2. The fourth-order valence-electron chi connectivity index (χ4n) is 0.916. The first-order valence-electron chi connectivity index (χ1n) is 3.57. The Kier molecular flexibility index (Phi) is 2.42. The molecule has 0 saturated heterocycles. The van der Waals surface area contributed by atoms with Gasteiger partial charge in [-0.2, -0.15) is 0 Å². The van der Waals surface area contributed by atoms with Crippen LogP contribution >= 0.6 is 0 Å². The fraction of sp³-hybridized carbons (Fsp3) is 0.714. The van der Waals surface area contributed by atoms with E-state index in [1.807, 2.05) is 0 Å². The summed E-state index contributed by atoms with van der Waals surface area (Å²) in [4.78, 5) is 7.62. The van der Waals surface area contributed by atoms with Crippen molar-refractivity contribution in [2.24, 2.45) is 9.98 Å². The first-order chi connectivity index (χ1) is 4.86. The lowest BCUT2D eigenvalue weighted by atomic mass is 9.93. The molecular weight excluding hydrogens is 126 g/mol. The van der Waals surface area contributed by atoms with Gasteiger partial charge in [-0.15, -0.1) is 0 Å². The van der Waals surface area contributed by atoms with Gasteiger partial charge in [-0.3, -0.25) is 4.99 Å². The topological polar surface area (TPSA) is 36.8 Å². The van der Waals surface area contributed by atoms with Crippen molar-refractivity contribution in [2.45, 2.75) is 25.3 Å². The van der Waals surface area contributed by atoms with Gasteiger partial charge < -0.3 is 5.32 Å². The molecule has 1 rings (SSSR count). The zero-order chi connectivity index (χ0) is 7.40. The third kappa shape index (κ3) is 1.56. The van der Waals surface area contributed by atoms with Gasteiger partial charge in [-0.25, -0.2) is 4.99 Å². The van der Waals surface area contributed by atoms with Crippen LogP contribution in [0, 0.1) is 0 Å². The maximum absolute atomic E-state index is 3.90. The number of hydrogen-bond acceptors (Lipinski definition) is 1. The minimum atomic E-state index is 0.601. The number of aliphatic imine (C=N–C) groups is 2. The van der Waals surface area contributed by atoms with Crippen molar-refractivity contribution in [1.82, 2.24) is 5.32 Å². The number of nitrogens with one attached hydrogen (secondary N) is 1. The van der Waals surface area contributed by atoms with Gasteiger partial charge in [0.15, 0.2) is 0 Å². The molecule has 56 valence electrons. The summed E-state index contributed by atoms with van der Waals surface area (Å²) in [5.74, 6) is 0.671.